The van der Waals surface area contributed by atoms with Crippen molar-refractivity contribution in [2.24, 2.45) is 0 Å². The predicted molar refractivity (Wildman–Crippen MR) is 88.7 cm³/mol. The average Bonchev–Trinajstić information content (AvgIpc) is 2.89. The second-order valence-electron chi connectivity index (χ2n) is 5.31. The van der Waals surface area contributed by atoms with Gasteiger partial charge in [0.05, 0.1) is 24.2 Å². The summed E-state index contributed by atoms with van der Waals surface area (Å²) in [6, 6.07) is 3.89. The lowest BCUT2D eigenvalue weighted by Crippen LogP contribution is -2.29. The Balaban J connectivity index is 2.36. The third-order valence-corrected chi connectivity index (χ3v) is 5.10. The highest BCUT2D eigenvalue weighted by Gasteiger charge is 2.39. The summed E-state index contributed by atoms with van der Waals surface area (Å²) in [6.07, 6.45) is 2.01. The number of hydrogen-bond acceptors (Lipinski definition) is 3. The van der Waals surface area contributed by atoms with Gasteiger partial charge in [-0.05, 0) is 51.3 Å². The average molecular weight is 378 g/mol. The fraction of sp³-hybridized carbons (Fsp3) is 0.625. The van der Waals surface area contributed by atoms with E-state index < -0.39 is 0 Å². The van der Waals surface area contributed by atoms with Crippen LogP contribution in [0.15, 0.2) is 16.6 Å². The highest BCUT2D eigenvalue weighted by molar-refractivity contribution is 9.10. The Bertz CT molecular complexity index is 487. The summed E-state index contributed by atoms with van der Waals surface area (Å²) in [5.74, 6) is 1.46. The van der Waals surface area contributed by atoms with Crippen LogP contribution in [0.5, 0.6) is 11.5 Å². The Morgan fingerprint density at radius 1 is 1.29 bits per heavy atom. The van der Waals surface area contributed by atoms with Crippen molar-refractivity contribution in [1.82, 2.24) is 0 Å². The van der Waals surface area contributed by atoms with Gasteiger partial charge < -0.3 is 14.2 Å². The molecule has 2 rings (SSSR count). The molecule has 1 aromatic carbocycles. The number of benzene rings is 1. The largest absolute Gasteiger partial charge is 0.490 e. The van der Waals surface area contributed by atoms with E-state index in [1.54, 1.807) is 0 Å². The zero-order valence-electron chi connectivity index (χ0n) is 12.7. The van der Waals surface area contributed by atoms with Crippen LogP contribution >= 0.6 is 27.5 Å². The van der Waals surface area contributed by atoms with Crippen molar-refractivity contribution in [2.75, 3.05) is 19.8 Å². The van der Waals surface area contributed by atoms with Crippen LogP contribution in [0.2, 0.25) is 0 Å². The molecular weight excluding hydrogens is 356 g/mol. The first-order valence-electron chi connectivity index (χ1n) is 7.39. The van der Waals surface area contributed by atoms with E-state index in [1.165, 1.54) is 0 Å². The van der Waals surface area contributed by atoms with Gasteiger partial charge in [-0.3, -0.25) is 0 Å². The minimum Gasteiger partial charge on any atom is -0.490 e. The minimum atomic E-state index is -0.333. The Labute approximate surface area is 140 Å². The van der Waals surface area contributed by atoms with Gasteiger partial charge in [0.2, 0.25) is 0 Å². The molecule has 1 aliphatic rings. The number of ether oxygens (including phenoxy) is 3. The molecule has 21 heavy (non-hydrogen) atoms. The van der Waals surface area contributed by atoms with Crippen molar-refractivity contribution in [3.63, 3.8) is 0 Å². The lowest BCUT2D eigenvalue weighted by Gasteiger charge is -2.30. The first-order chi connectivity index (χ1) is 10.0. The lowest BCUT2D eigenvalue weighted by atomic mass is 9.93. The summed E-state index contributed by atoms with van der Waals surface area (Å²) in [7, 11) is 0. The predicted octanol–water partition coefficient (Wildman–Crippen LogP) is 5.10. The number of alkyl halides is 1. The van der Waals surface area contributed by atoms with Gasteiger partial charge in [-0.1, -0.05) is 15.9 Å². The number of rotatable bonds is 6. The van der Waals surface area contributed by atoms with Gasteiger partial charge in [0.15, 0.2) is 11.5 Å². The zero-order chi connectivity index (χ0) is 15.5. The maximum absolute atomic E-state index is 6.71. The van der Waals surface area contributed by atoms with Crippen LogP contribution in [-0.2, 0) is 4.74 Å². The van der Waals surface area contributed by atoms with Crippen molar-refractivity contribution in [1.29, 1.82) is 0 Å². The molecule has 0 bridgehead atoms. The Hall–Kier alpha value is -0.450. The van der Waals surface area contributed by atoms with Crippen LogP contribution in [0.1, 0.15) is 44.6 Å². The molecule has 2 atom stereocenters. The molecule has 1 aliphatic heterocycles. The van der Waals surface area contributed by atoms with Crippen LogP contribution < -0.4 is 9.47 Å². The molecule has 2 unspecified atom stereocenters. The molecule has 0 radical (unpaired) electrons. The Kier molecular flexibility index (Phi) is 5.81. The van der Waals surface area contributed by atoms with E-state index in [0.717, 1.165) is 41.0 Å². The van der Waals surface area contributed by atoms with Crippen LogP contribution in [0.4, 0.5) is 0 Å². The normalized spacial score (nSPS) is 23.1. The van der Waals surface area contributed by atoms with E-state index in [0.29, 0.717) is 13.2 Å². The maximum atomic E-state index is 6.71. The molecule has 0 saturated carbocycles. The van der Waals surface area contributed by atoms with Crippen LogP contribution in [0.25, 0.3) is 0 Å². The van der Waals surface area contributed by atoms with Gasteiger partial charge in [0.25, 0.3) is 0 Å². The second kappa shape index (κ2) is 7.21. The Morgan fingerprint density at radius 2 is 1.90 bits per heavy atom. The summed E-state index contributed by atoms with van der Waals surface area (Å²) in [5.41, 5.74) is 0.647. The molecule has 0 amide bonds. The van der Waals surface area contributed by atoms with Gasteiger partial charge in [-0.2, -0.15) is 0 Å². The van der Waals surface area contributed by atoms with Gasteiger partial charge in [0, 0.05) is 11.1 Å². The molecule has 1 fully saturated rings. The third-order valence-electron chi connectivity index (χ3n) is 3.72. The summed E-state index contributed by atoms with van der Waals surface area (Å²) < 4.78 is 18.1. The molecule has 0 aliphatic carbocycles. The van der Waals surface area contributed by atoms with Gasteiger partial charge in [-0.15, -0.1) is 11.6 Å². The van der Waals surface area contributed by atoms with Crippen molar-refractivity contribution < 1.29 is 14.2 Å². The molecule has 1 saturated heterocycles. The van der Waals surface area contributed by atoms with Crippen molar-refractivity contribution in [3.8, 4) is 11.5 Å². The molecule has 0 N–H and O–H groups in total. The lowest BCUT2D eigenvalue weighted by molar-refractivity contribution is 0.0162. The van der Waals surface area contributed by atoms with Gasteiger partial charge in [0.1, 0.15) is 0 Å². The third kappa shape index (κ3) is 3.66. The standard InChI is InChI=1S/C16H22BrClO3/c1-4-19-13-9-11(12(17)10-14(13)20-5-2)15(18)16(3)7-6-8-21-16/h9-10,15H,4-8H2,1-3H3. The van der Waals surface area contributed by atoms with Crippen molar-refractivity contribution in [2.45, 2.75) is 44.6 Å². The van der Waals surface area contributed by atoms with E-state index in [4.69, 9.17) is 25.8 Å². The smallest absolute Gasteiger partial charge is 0.162 e. The molecule has 3 nitrogen and oxygen atoms in total. The van der Waals surface area contributed by atoms with E-state index in [1.807, 2.05) is 26.0 Å². The Morgan fingerprint density at radius 3 is 2.43 bits per heavy atom. The quantitative estimate of drug-likeness (QED) is 0.646. The van der Waals surface area contributed by atoms with Crippen molar-refractivity contribution in [3.05, 3.63) is 22.2 Å². The molecule has 0 spiro atoms. The highest BCUT2D eigenvalue weighted by atomic mass is 79.9. The van der Waals surface area contributed by atoms with E-state index in [2.05, 4.69) is 22.9 Å². The van der Waals surface area contributed by atoms with E-state index >= 15 is 0 Å². The topological polar surface area (TPSA) is 27.7 Å². The van der Waals surface area contributed by atoms with E-state index in [9.17, 15) is 0 Å². The molecular formula is C16H22BrClO3. The SMILES string of the molecule is CCOc1cc(Br)c(C(Cl)C2(C)CCCO2)cc1OCC. The van der Waals surface area contributed by atoms with Gasteiger partial charge in [-0.25, -0.2) is 0 Å². The fourth-order valence-corrected chi connectivity index (χ4v) is 3.65. The second-order valence-corrected chi connectivity index (χ2v) is 6.60. The van der Waals surface area contributed by atoms with Crippen LogP contribution in [0.3, 0.4) is 0 Å². The zero-order valence-corrected chi connectivity index (χ0v) is 15.1. The van der Waals surface area contributed by atoms with Crippen molar-refractivity contribution >= 4 is 27.5 Å². The molecule has 118 valence electrons. The summed E-state index contributed by atoms with van der Waals surface area (Å²) in [6.45, 7) is 7.93. The monoisotopic (exact) mass is 376 g/mol. The first-order valence-corrected chi connectivity index (χ1v) is 8.61. The molecule has 0 aromatic heterocycles. The highest BCUT2D eigenvalue weighted by Crippen LogP contribution is 2.46. The van der Waals surface area contributed by atoms with E-state index in [-0.39, 0.29) is 11.0 Å². The molecule has 1 aromatic rings. The number of hydrogen-bond donors (Lipinski definition) is 0. The summed E-state index contributed by atoms with van der Waals surface area (Å²) >= 11 is 10.3. The minimum absolute atomic E-state index is 0.232. The summed E-state index contributed by atoms with van der Waals surface area (Å²) in [4.78, 5) is 0. The molecule has 1 heterocycles. The summed E-state index contributed by atoms with van der Waals surface area (Å²) in [5, 5.41) is -0.232. The van der Waals surface area contributed by atoms with Gasteiger partial charge >= 0.3 is 0 Å². The van der Waals surface area contributed by atoms with Crippen LogP contribution in [0, 0.1) is 0 Å². The molecule has 5 heteroatoms. The maximum Gasteiger partial charge on any atom is 0.162 e. The number of halogens is 2. The first kappa shape index (κ1) is 16.9. The fourth-order valence-electron chi connectivity index (χ4n) is 2.61. The van der Waals surface area contributed by atoms with Crippen LogP contribution in [-0.4, -0.2) is 25.4 Å².